The fraction of sp³-hybridized carbons (Fsp3) is 0.562. The Bertz CT molecular complexity index is 518. The van der Waals surface area contributed by atoms with Crippen LogP contribution in [0.5, 0.6) is 0 Å². The van der Waals surface area contributed by atoms with Crippen LogP contribution in [0.2, 0.25) is 0 Å². The molecule has 0 aliphatic rings. The molecule has 1 aromatic rings. The average molecular weight is 296 g/mol. The summed E-state index contributed by atoms with van der Waals surface area (Å²) in [7, 11) is 0. The predicted octanol–water partition coefficient (Wildman–Crippen LogP) is 2.07. The third-order valence-corrected chi connectivity index (χ3v) is 3.38. The van der Waals surface area contributed by atoms with Gasteiger partial charge in [-0.2, -0.15) is 0 Å². The van der Waals surface area contributed by atoms with Gasteiger partial charge < -0.3 is 20.4 Å². The van der Waals surface area contributed by atoms with Crippen LogP contribution in [0.4, 0.5) is 0 Å². The normalized spacial score (nSPS) is 13.4. The topological polar surface area (TPSA) is 98.0 Å². The molecule has 0 radical (unpaired) electrons. The van der Waals surface area contributed by atoms with E-state index in [0.29, 0.717) is 5.56 Å². The van der Waals surface area contributed by atoms with Crippen LogP contribution in [-0.4, -0.2) is 26.4 Å². The standard InChI is InChI=1S/C16H24O5/c1-14(2,19)9-7-10(15(3,4)20)12(13(17)18)11(8-9)16(5,6)21/h7-8,19-21H,1-6H3,(H,17,18). The Labute approximate surface area is 124 Å². The zero-order valence-electron chi connectivity index (χ0n) is 13.4. The van der Waals surface area contributed by atoms with Crippen molar-refractivity contribution in [3.8, 4) is 0 Å². The summed E-state index contributed by atoms with van der Waals surface area (Å²) >= 11 is 0. The second-order valence-electron chi connectivity index (χ2n) is 6.93. The van der Waals surface area contributed by atoms with Crippen LogP contribution >= 0.6 is 0 Å². The maximum Gasteiger partial charge on any atom is 0.336 e. The Kier molecular flexibility index (Phi) is 4.27. The van der Waals surface area contributed by atoms with Gasteiger partial charge in [0.15, 0.2) is 0 Å². The lowest BCUT2D eigenvalue weighted by Crippen LogP contribution is -2.29. The number of aromatic carboxylic acids is 1. The molecule has 0 fully saturated rings. The first-order valence-electron chi connectivity index (χ1n) is 6.75. The lowest BCUT2D eigenvalue weighted by molar-refractivity contribution is 0.0536. The van der Waals surface area contributed by atoms with Gasteiger partial charge >= 0.3 is 5.97 Å². The van der Waals surface area contributed by atoms with Crippen molar-refractivity contribution in [3.05, 3.63) is 34.4 Å². The monoisotopic (exact) mass is 296 g/mol. The van der Waals surface area contributed by atoms with E-state index < -0.39 is 22.8 Å². The Morgan fingerprint density at radius 3 is 1.33 bits per heavy atom. The van der Waals surface area contributed by atoms with Gasteiger partial charge in [-0.15, -0.1) is 0 Å². The van der Waals surface area contributed by atoms with Crippen LogP contribution in [0.1, 0.15) is 68.6 Å². The number of carbonyl (C=O) groups is 1. The summed E-state index contributed by atoms with van der Waals surface area (Å²) in [6.45, 7) is 9.00. The summed E-state index contributed by atoms with van der Waals surface area (Å²) in [6.07, 6.45) is 0. The van der Waals surface area contributed by atoms with Crippen LogP contribution in [0.15, 0.2) is 12.1 Å². The lowest BCUT2D eigenvalue weighted by atomic mass is 9.80. The maximum atomic E-state index is 11.6. The molecule has 21 heavy (non-hydrogen) atoms. The number of benzene rings is 1. The van der Waals surface area contributed by atoms with E-state index in [1.807, 2.05) is 0 Å². The molecular formula is C16H24O5. The Morgan fingerprint density at radius 1 is 0.810 bits per heavy atom. The highest BCUT2D eigenvalue weighted by atomic mass is 16.4. The molecule has 0 amide bonds. The summed E-state index contributed by atoms with van der Waals surface area (Å²) < 4.78 is 0. The fourth-order valence-corrected chi connectivity index (χ4v) is 2.19. The molecule has 0 heterocycles. The van der Waals surface area contributed by atoms with E-state index in [-0.39, 0.29) is 16.7 Å². The quantitative estimate of drug-likeness (QED) is 0.682. The second-order valence-corrected chi connectivity index (χ2v) is 6.93. The highest BCUT2D eigenvalue weighted by Gasteiger charge is 2.33. The summed E-state index contributed by atoms with van der Waals surface area (Å²) in [4.78, 5) is 11.6. The van der Waals surface area contributed by atoms with Gasteiger partial charge in [0, 0.05) is 0 Å². The molecule has 0 saturated heterocycles. The number of carboxylic acid groups (broad SMARTS) is 1. The van der Waals surface area contributed by atoms with Gasteiger partial charge in [0.2, 0.25) is 0 Å². The maximum absolute atomic E-state index is 11.6. The van der Waals surface area contributed by atoms with Crippen molar-refractivity contribution in [3.63, 3.8) is 0 Å². The predicted molar refractivity (Wildman–Crippen MR) is 79.1 cm³/mol. The van der Waals surface area contributed by atoms with Crippen LogP contribution in [0.3, 0.4) is 0 Å². The van der Waals surface area contributed by atoms with E-state index in [0.717, 1.165) is 0 Å². The number of carboxylic acids is 1. The minimum atomic E-state index is -1.42. The van der Waals surface area contributed by atoms with Crippen LogP contribution in [0.25, 0.3) is 0 Å². The van der Waals surface area contributed by atoms with Crippen molar-refractivity contribution >= 4 is 5.97 Å². The lowest BCUT2D eigenvalue weighted by Gasteiger charge is -2.30. The van der Waals surface area contributed by atoms with E-state index >= 15 is 0 Å². The fourth-order valence-electron chi connectivity index (χ4n) is 2.19. The highest BCUT2D eigenvalue weighted by Crippen LogP contribution is 2.36. The first kappa shape index (κ1) is 17.6. The van der Waals surface area contributed by atoms with E-state index in [9.17, 15) is 25.2 Å². The molecule has 5 nitrogen and oxygen atoms in total. The number of hydrogen-bond donors (Lipinski definition) is 4. The van der Waals surface area contributed by atoms with Gasteiger partial charge in [-0.05, 0) is 70.4 Å². The average Bonchev–Trinajstić information content (AvgIpc) is 2.23. The molecule has 5 heteroatoms. The molecule has 1 rings (SSSR count). The van der Waals surface area contributed by atoms with Crippen molar-refractivity contribution in [1.29, 1.82) is 0 Å². The molecular weight excluding hydrogens is 272 g/mol. The van der Waals surface area contributed by atoms with Crippen molar-refractivity contribution in [2.75, 3.05) is 0 Å². The number of aliphatic hydroxyl groups is 3. The van der Waals surface area contributed by atoms with E-state index in [2.05, 4.69) is 0 Å². The molecule has 0 aliphatic heterocycles. The summed E-state index contributed by atoms with van der Waals surface area (Å²) in [5.41, 5.74) is -3.45. The van der Waals surface area contributed by atoms with Crippen molar-refractivity contribution in [2.45, 2.75) is 58.3 Å². The molecule has 1 aromatic carbocycles. The molecule has 0 bridgehead atoms. The van der Waals surface area contributed by atoms with Gasteiger partial charge in [-0.1, -0.05) is 0 Å². The Balaban J connectivity index is 3.89. The third-order valence-electron chi connectivity index (χ3n) is 3.38. The van der Waals surface area contributed by atoms with Crippen molar-refractivity contribution < 1.29 is 25.2 Å². The van der Waals surface area contributed by atoms with Crippen molar-refractivity contribution in [2.24, 2.45) is 0 Å². The van der Waals surface area contributed by atoms with E-state index in [1.165, 1.54) is 39.8 Å². The first-order chi connectivity index (χ1) is 9.15. The molecule has 0 unspecified atom stereocenters. The zero-order valence-corrected chi connectivity index (χ0v) is 13.4. The second kappa shape index (κ2) is 5.09. The molecule has 0 saturated carbocycles. The molecule has 0 spiro atoms. The molecule has 4 N–H and O–H groups in total. The Morgan fingerprint density at radius 2 is 1.14 bits per heavy atom. The van der Waals surface area contributed by atoms with Gasteiger partial charge in [-0.3, -0.25) is 0 Å². The zero-order chi connectivity index (χ0) is 16.8. The van der Waals surface area contributed by atoms with Gasteiger partial charge in [0.05, 0.1) is 22.4 Å². The van der Waals surface area contributed by atoms with Gasteiger partial charge in [0.25, 0.3) is 0 Å². The molecule has 0 aromatic heterocycles. The van der Waals surface area contributed by atoms with Gasteiger partial charge in [0.1, 0.15) is 0 Å². The van der Waals surface area contributed by atoms with Crippen molar-refractivity contribution in [1.82, 2.24) is 0 Å². The summed E-state index contributed by atoms with van der Waals surface area (Å²) in [6, 6.07) is 2.94. The van der Waals surface area contributed by atoms with E-state index in [4.69, 9.17) is 0 Å². The van der Waals surface area contributed by atoms with Crippen LogP contribution in [-0.2, 0) is 16.8 Å². The smallest absolute Gasteiger partial charge is 0.336 e. The summed E-state index contributed by atoms with van der Waals surface area (Å²) in [5, 5.41) is 40.2. The number of hydrogen-bond acceptors (Lipinski definition) is 4. The van der Waals surface area contributed by atoms with Crippen LogP contribution in [0, 0.1) is 0 Å². The minimum absolute atomic E-state index is 0.136. The largest absolute Gasteiger partial charge is 0.478 e. The van der Waals surface area contributed by atoms with E-state index in [1.54, 1.807) is 13.8 Å². The highest BCUT2D eigenvalue weighted by molar-refractivity contribution is 5.92. The Hall–Kier alpha value is -1.43. The number of rotatable bonds is 4. The molecule has 0 aliphatic carbocycles. The van der Waals surface area contributed by atoms with Gasteiger partial charge in [-0.25, -0.2) is 4.79 Å². The molecule has 0 atom stereocenters. The first-order valence-corrected chi connectivity index (χ1v) is 6.75. The summed E-state index contributed by atoms with van der Waals surface area (Å²) in [5.74, 6) is -1.23. The molecule has 118 valence electrons. The third kappa shape index (κ3) is 3.81. The van der Waals surface area contributed by atoms with Crippen LogP contribution < -0.4 is 0 Å². The SMILES string of the molecule is CC(C)(O)c1cc(C(C)(C)O)c(C(=O)O)c(C(C)(C)O)c1. The minimum Gasteiger partial charge on any atom is -0.478 e.